The number of nitrogens with zero attached hydrogens (tertiary/aromatic N) is 2. The molecule has 0 aromatic heterocycles. The minimum Gasteiger partial charge on any atom is -0.495 e. The Balaban J connectivity index is 1.47. The van der Waals surface area contributed by atoms with E-state index in [0.29, 0.717) is 11.0 Å². The standard InChI is InChI=1S/C29H41FN4OS/c1-31-29(36)32-28(22-10-4-3-5-11-22)24(23-12-6-7-13-25(23)30)16-17-33-18-20-34(21-19-33)26-14-8-9-15-27(26)35-2/h6-9,12-15,22,24,28H,3-5,10-11,16-21H2,1-2H3,(H2,31,32,36). The fourth-order valence-corrected chi connectivity index (χ4v) is 6.13. The molecule has 2 aromatic carbocycles. The lowest BCUT2D eigenvalue weighted by molar-refractivity contribution is 0.213. The first-order valence-corrected chi connectivity index (χ1v) is 13.8. The molecule has 196 valence electrons. The van der Waals surface area contributed by atoms with Gasteiger partial charge in [0, 0.05) is 45.2 Å². The Kier molecular flexibility index (Phi) is 9.82. The highest BCUT2D eigenvalue weighted by Crippen LogP contribution is 2.37. The van der Waals surface area contributed by atoms with E-state index in [4.69, 9.17) is 17.0 Å². The van der Waals surface area contributed by atoms with Gasteiger partial charge in [-0.15, -0.1) is 0 Å². The molecule has 2 fully saturated rings. The van der Waals surface area contributed by atoms with Gasteiger partial charge >= 0.3 is 0 Å². The number of thiocarbonyl (C=S) groups is 1. The van der Waals surface area contributed by atoms with Gasteiger partial charge in [-0.05, 0) is 67.7 Å². The van der Waals surface area contributed by atoms with E-state index in [1.54, 1.807) is 19.2 Å². The Labute approximate surface area is 221 Å². The van der Waals surface area contributed by atoms with Crippen LogP contribution in [0.2, 0.25) is 0 Å². The summed E-state index contributed by atoms with van der Waals surface area (Å²) in [6, 6.07) is 15.7. The summed E-state index contributed by atoms with van der Waals surface area (Å²) in [6.07, 6.45) is 7.02. The number of nitrogens with one attached hydrogen (secondary N) is 2. The number of anilines is 1. The molecular weight excluding hydrogens is 471 g/mol. The van der Waals surface area contributed by atoms with Gasteiger partial charge in [-0.25, -0.2) is 4.39 Å². The summed E-state index contributed by atoms with van der Waals surface area (Å²) in [4.78, 5) is 4.93. The van der Waals surface area contributed by atoms with Crippen LogP contribution in [0.25, 0.3) is 0 Å². The van der Waals surface area contributed by atoms with E-state index in [1.165, 1.54) is 32.1 Å². The molecule has 1 aliphatic carbocycles. The predicted octanol–water partition coefficient (Wildman–Crippen LogP) is 5.17. The van der Waals surface area contributed by atoms with Crippen LogP contribution in [0, 0.1) is 11.7 Å². The third-order valence-corrected chi connectivity index (χ3v) is 8.30. The number of ether oxygens (including phenoxy) is 1. The zero-order valence-corrected chi connectivity index (χ0v) is 22.5. The van der Waals surface area contributed by atoms with E-state index in [0.717, 1.165) is 56.1 Å². The number of methoxy groups -OCH3 is 1. The molecule has 1 heterocycles. The van der Waals surface area contributed by atoms with Gasteiger partial charge in [-0.1, -0.05) is 49.6 Å². The van der Waals surface area contributed by atoms with Crippen molar-refractivity contribution in [2.75, 3.05) is 51.8 Å². The average molecular weight is 513 g/mol. The van der Waals surface area contributed by atoms with Crippen molar-refractivity contribution in [2.45, 2.75) is 50.5 Å². The van der Waals surface area contributed by atoms with Crippen molar-refractivity contribution in [2.24, 2.45) is 5.92 Å². The van der Waals surface area contributed by atoms with Crippen LogP contribution >= 0.6 is 12.2 Å². The second-order valence-electron chi connectivity index (χ2n) is 10.1. The lowest BCUT2D eigenvalue weighted by Crippen LogP contribution is -2.50. The normalized spacial score (nSPS) is 18.9. The zero-order valence-electron chi connectivity index (χ0n) is 21.7. The third-order valence-electron chi connectivity index (χ3n) is 7.98. The molecule has 7 heteroatoms. The SMILES string of the molecule is CNC(=S)NC(C1CCCCC1)C(CCN1CCN(c2ccccc2OC)CC1)c1ccccc1F. The summed E-state index contributed by atoms with van der Waals surface area (Å²) in [7, 11) is 3.58. The molecule has 0 radical (unpaired) electrons. The molecule has 1 saturated carbocycles. The van der Waals surface area contributed by atoms with Crippen molar-refractivity contribution < 1.29 is 9.13 Å². The lowest BCUT2D eigenvalue weighted by Gasteiger charge is -2.40. The summed E-state index contributed by atoms with van der Waals surface area (Å²) in [6.45, 7) is 4.82. The van der Waals surface area contributed by atoms with Crippen LogP contribution in [-0.2, 0) is 0 Å². The fourth-order valence-electron chi connectivity index (χ4n) is 5.99. The van der Waals surface area contributed by atoms with Crippen LogP contribution in [0.15, 0.2) is 48.5 Å². The van der Waals surface area contributed by atoms with Gasteiger partial charge in [0.05, 0.1) is 12.8 Å². The summed E-state index contributed by atoms with van der Waals surface area (Å²) in [5, 5.41) is 7.35. The van der Waals surface area contributed by atoms with Gasteiger partial charge in [0.15, 0.2) is 5.11 Å². The Morgan fingerprint density at radius 3 is 2.42 bits per heavy atom. The Hall–Kier alpha value is -2.38. The van der Waals surface area contributed by atoms with Gasteiger partial charge in [0.1, 0.15) is 11.6 Å². The molecule has 4 rings (SSSR count). The molecule has 2 aliphatic rings. The summed E-state index contributed by atoms with van der Waals surface area (Å²) >= 11 is 5.55. The summed E-state index contributed by atoms with van der Waals surface area (Å²) in [5.41, 5.74) is 1.97. The van der Waals surface area contributed by atoms with Crippen molar-refractivity contribution in [1.29, 1.82) is 0 Å². The second kappa shape index (κ2) is 13.2. The monoisotopic (exact) mass is 512 g/mol. The van der Waals surface area contributed by atoms with Gasteiger partial charge in [0.25, 0.3) is 0 Å². The first kappa shape index (κ1) is 26.7. The van der Waals surface area contributed by atoms with Crippen LogP contribution in [0.4, 0.5) is 10.1 Å². The predicted molar refractivity (Wildman–Crippen MR) is 151 cm³/mol. The highest BCUT2D eigenvalue weighted by atomic mass is 32.1. The van der Waals surface area contributed by atoms with Crippen LogP contribution in [0.5, 0.6) is 5.75 Å². The van der Waals surface area contributed by atoms with Crippen LogP contribution in [-0.4, -0.2) is 62.9 Å². The molecular formula is C29H41FN4OS. The number of piperazine rings is 1. The number of rotatable bonds is 9. The van der Waals surface area contributed by atoms with E-state index < -0.39 is 0 Å². The second-order valence-corrected chi connectivity index (χ2v) is 10.5. The number of halogens is 1. The van der Waals surface area contributed by atoms with Crippen LogP contribution in [0.3, 0.4) is 0 Å². The minimum absolute atomic E-state index is 0.0628. The first-order chi connectivity index (χ1) is 17.6. The van der Waals surface area contributed by atoms with Crippen molar-refractivity contribution in [3.8, 4) is 5.75 Å². The molecule has 36 heavy (non-hydrogen) atoms. The maximum absolute atomic E-state index is 15.2. The van der Waals surface area contributed by atoms with Crippen molar-refractivity contribution in [3.05, 3.63) is 59.9 Å². The highest BCUT2D eigenvalue weighted by Gasteiger charge is 2.34. The van der Waals surface area contributed by atoms with Crippen LogP contribution < -0.4 is 20.3 Å². The topological polar surface area (TPSA) is 39.8 Å². The molecule has 5 nitrogen and oxygen atoms in total. The molecule has 2 aromatic rings. The average Bonchev–Trinajstić information content (AvgIpc) is 2.94. The van der Waals surface area contributed by atoms with Crippen molar-refractivity contribution >= 4 is 23.0 Å². The van der Waals surface area contributed by atoms with Crippen molar-refractivity contribution in [3.63, 3.8) is 0 Å². The number of para-hydroxylation sites is 2. The summed E-state index contributed by atoms with van der Waals surface area (Å²) in [5.74, 6) is 1.37. The van der Waals surface area contributed by atoms with Gasteiger partial charge in [0.2, 0.25) is 0 Å². The molecule has 0 spiro atoms. The quantitative estimate of drug-likeness (QED) is 0.452. The van der Waals surface area contributed by atoms with Gasteiger partial charge in [-0.3, -0.25) is 4.90 Å². The fraction of sp³-hybridized carbons (Fsp3) is 0.552. The molecule has 1 saturated heterocycles. The number of hydrogen-bond acceptors (Lipinski definition) is 4. The van der Waals surface area contributed by atoms with E-state index in [2.05, 4.69) is 32.6 Å². The number of hydrogen-bond donors (Lipinski definition) is 2. The molecule has 1 aliphatic heterocycles. The Morgan fingerprint density at radius 1 is 1.03 bits per heavy atom. The Morgan fingerprint density at radius 2 is 1.72 bits per heavy atom. The summed E-state index contributed by atoms with van der Waals surface area (Å²) < 4.78 is 20.7. The maximum atomic E-state index is 15.2. The maximum Gasteiger partial charge on any atom is 0.166 e. The van der Waals surface area contributed by atoms with Crippen molar-refractivity contribution in [1.82, 2.24) is 15.5 Å². The largest absolute Gasteiger partial charge is 0.495 e. The lowest BCUT2D eigenvalue weighted by atomic mass is 9.75. The first-order valence-electron chi connectivity index (χ1n) is 13.4. The number of benzene rings is 2. The van der Waals surface area contributed by atoms with E-state index in [1.807, 2.05) is 31.3 Å². The highest BCUT2D eigenvalue weighted by molar-refractivity contribution is 7.80. The smallest absolute Gasteiger partial charge is 0.166 e. The van der Waals surface area contributed by atoms with Crippen LogP contribution in [0.1, 0.15) is 50.0 Å². The van der Waals surface area contributed by atoms with E-state index >= 15 is 4.39 Å². The molecule has 0 bridgehead atoms. The molecule has 2 atom stereocenters. The van der Waals surface area contributed by atoms with Gasteiger partial charge < -0.3 is 20.3 Å². The molecule has 2 N–H and O–H groups in total. The van der Waals surface area contributed by atoms with Gasteiger partial charge in [-0.2, -0.15) is 0 Å². The third kappa shape index (κ3) is 6.68. The zero-order chi connectivity index (χ0) is 25.3. The molecule has 0 amide bonds. The van der Waals surface area contributed by atoms with E-state index in [9.17, 15) is 0 Å². The van der Waals surface area contributed by atoms with E-state index in [-0.39, 0.29) is 17.8 Å². The minimum atomic E-state index is -0.110. The molecule has 2 unspecified atom stereocenters. The Bertz CT molecular complexity index is 975.